The Balaban J connectivity index is 3.29. The van der Waals surface area contributed by atoms with Crippen LogP contribution in [0.25, 0.3) is 6.08 Å². The van der Waals surface area contributed by atoms with Crippen LogP contribution < -0.4 is 0 Å². The highest BCUT2D eigenvalue weighted by Gasteiger charge is 2.10. The van der Waals surface area contributed by atoms with E-state index in [9.17, 15) is 0 Å². The molecule has 0 fully saturated rings. The van der Waals surface area contributed by atoms with Crippen LogP contribution in [0.15, 0.2) is 24.3 Å². The van der Waals surface area contributed by atoms with Crippen molar-refractivity contribution < 1.29 is 0 Å². The number of hydrogen-bond donors (Lipinski definition) is 0. The quantitative estimate of drug-likeness (QED) is 0.632. The van der Waals surface area contributed by atoms with Crippen molar-refractivity contribution in [2.24, 2.45) is 0 Å². The molecule has 0 saturated heterocycles. The average Bonchev–Trinajstić information content (AvgIpc) is 2.25. The van der Waals surface area contributed by atoms with Crippen LogP contribution in [0.5, 0.6) is 0 Å². The molecule has 0 aliphatic carbocycles. The fourth-order valence-corrected chi connectivity index (χ4v) is 2.05. The summed E-state index contributed by atoms with van der Waals surface area (Å²) >= 11 is 5.73. The first kappa shape index (κ1) is 13.3. The zero-order valence-corrected chi connectivity index (χ0v) is 11.4. The maximum absolute atomic E-state index is 5.73. The molecule has 0 aliphatic rings. The Kier molecular flexibility index (Phi) is 5.08. The summed E-state index contributed by atoms with van der Waals surface area (Å²) < 4.78 is 0. The maximum atomic E-state index is 5.73. The molecule has 0 amide bonds. The Morgan fingerprint density at radius 1 is 1.06 bits per heavy atom. The Morgan fingerprint density at radius 2 is 1.56 bits per heavy atom. The lowest BCUT2D eigenvalue weighted by Gasteiger charge is -2.17. The van der Waals surface area contributed by atoms with Crippen molar-refractivity contribution in [2.45, 2.75) is 39.5 Å². The van der Waals surface area contributed by atoms with Gasteiger partial charge in [0.05, 0.1) is 0 Å². The second-order valence-corrected chi connectivity index (χ2v) is 5.02. The Labute approximate surface area is 104 Å². The zero-order valence-electron chi connectivity index (χ0n) is 10.6. The van der Waals surface area contributed by atoms with Gasteiger partial charge in [0.2, 0.25) is 0 Å². The first-order chi connectivity index (χ1) is 7.57. The smallest absolute Gasteiger partial charge is 0.0407 e. The van der Waals surface area contributed by atoms with E-state index < -0.39 is 0 Å². The van der Waals surface area contributed by atoms with Crippen molar-refractivity contribution in [3.8, 4) is 0 Å². The molecular weight excluding hydrogens is 216 g/mol. The molecule has 88 valence electrons. The van der Waals surface area contributed by atoms with E-state index in [1.165, 1.54) is 16.7 Å². The third-order valence-electron chi connectivity index (χ3n) is 2.79. The van der Waals surface area contributed by atoms with Gasteiger partial charge in [-0.2, -0.15) is 0 Å². The molecule has 0 atom stereocenters. The predicted molar refractivity (Wildman–Crippen MR) is 74.4 cm³/mol. The van der Waals surface area contributed by atoms with Crippen LogP contribution in [0.1, 0.15) is 56.2 Å². The molecule has 0 heterocycles. The lowest BCUT2D eigenvalue weighted by molar-refractivity contribution is 0.829. The van der Waals surface area contributed by atoms with E-state index in [0.29, 0.717) is 17.7 Å². The minimum absolute atomic E-state index is 0.550. The standard InChI is InChI=1S/C15H21Cl/c1-11(2)13-7-5-8-14(12(3)4)15(13)9-6-10-16/h5-9,11-12H,10H2,1-4H3. The largest absolute Gasteiger partial charge is 0.122 e. The van der Waals surface area contributed by atoms with Crippen molar-refractivity contribution in [1.82, 2.24) is 0 Å². The highest BCUT2D eigenvalue weighted by atomic mass is 35.5. The summed E-state index contributed by atoms with van der Waals surface area (Å²) in [6.07, 6.45) is 4.19. The number of allylic oxidation sites excluding steroid dienone is 1. The highest BCUT2D eigenvalue weighted by molar-refractivity contribution is 6.19. The molecular formula is C15H21Cl. The van der Waals surface area contributed by atoms with Crippen LogP contribution in [0.4, 0.5) is 0 Å². The van der Waals surface area contributed by atoms with Crippen molar-refractivity contribution in [2.75, 3.05) is 5.88 Å². The number of halogens is 1. The molecule has 1 rings (SSSR count). The molecule has 0 aromatic heterocycles. The van der Waals surface area contributed by atoms with Gasteiger partial charge in [-0.3, -0.25) is 0 Å². The summed E-state index contributed by atoms with van der Waals surface area (Å²) in [5.74, 6) is 1.67. The van der Waals surface area contributed by atoms with Gasteiger partial charge < -0.3 is 0 Å². The van der Waals surface area contributed by atoms with Crippen LogP contribution in [0, 0.1) is 0 Å². The Bertz CT molecular complexity index is 335. The van der Waals surface area contributed by atoms with E-state index >= 15 is 0 Å². The van der Waals surface area contributed by atoms with Gasteiger partial charge in [-0.25, -0.2) is 0 Å². The van der Waals surface area contributed by atoms with Crippen LogP contribution in [0.2, 0.25) is 0 Å². The highest BCUT2D eigenvalue weighted by Crippen LogP contribution is 2.28. The Morgan fingerprint density at radius 3 is 1.94 bits per heavy atom. The van der Waals surface area contributed by atoms with E-state index in [4.69, 9.17) is 11.6 Å². The number of rotatable bonds is 4. The molecule has 1 aromatic rings. The van der Waals surface area contributed by atoms with Crippen LogP contribution >= 0.6 is 11.6 Å². The fraction of sp³-hybridized carbons (Fsp3) is 0.467. The van der Waals surface area contributed by atoms with Crippen LogP contribution in [0.3, 0.4) is 0 Å². The van der Waals surface area contributed by atoms with Gasteiger partial charge in [0.25, 0.3) is 0 Å². The van der Waals surface area contributed by atoms with Crippen molar-refractivity contribution in [1.29, 1.82) is 0 Å². The molecule has 0 bridgehead atoms. The number of benzene rings is 1. The average molecular weight is 237 g/mol. The van der Waals surface area contributed by atoms with Crippen LogP contribution in [-0.2, 0) is 0 Å². The van der Waals surface area contributed by atoms with E-state index in [1.54, 1.807) is 0 Å². The van der Waals surface area contributed by atoms with Gasteiger partial charge in [-0.1, -0.05) is 58.0 Å². The lowest BCUT2D eigenvalue weighted by Crippen LogP contribution is -1.99. The van der Waals surface area contributed by atoms with Gasteiger partial charge >= 0.3 is 0 Å². The first-order valence-corrected chi connectivity index (χ1v) is 6.46. The summed E-state index contributed by atoms with van der Waals surface area (Å²) in [6, 6.07) is 6.58. The summed E-state index contributed by atoms with van der Waals surface area (Å²) in [7, 11) is 0. The Hall–Kier alpha value is -0.750. The number of hydrogen-bond acceptors (Lipinski definition) is 0. The summed E-state index contributed by atoms with van der Waals surface area (Å²) in [5, 5.41) is 0. The molecule has 16 heavy (non-hydrogen) atoms. The third kappa shape index (κ3) is 3.12. The molecule has 0 N–H and O–H groups in total. The molecule has 0 radical (unpaired) electrons. The maximum Gasteiger partial charge on any atom is 0.0407 e. The summed E-state index contributed by atoms with van der Waals surface area (Å²) in [4.78, 5) is 0. The van der Waals surface area contributed by atoms with Crippen LogP contribution in [-0.4, -0.2) is 5.88 Å². The molecule has 0 aliphatic heterocycles. The molecule has 0 nitrogen and oxygen atoms in total. The molecule has 1 heteroatoms. The van der Waals surface area contributed by atoms with E-state index in [2.05, 4.69) is 52.0 Å². The number of alkyl halides is 1. The van der Waals surface area contributed by atoms with Gasteiger partial charge in [0.1, 0.15) is 0 Å². The topological polar surface area (TPSA) is 0 Å². The SMILES string of the molecule is CC(C)c1cccc(C(C)C)c1C=CCCl. The van der Waals surface area contributed by atoms with Crippen molar-refractivity contribution >= 4 is 17.7 Å². The van der Waals surface area contributed by atoms with E-state index in [1.807, 2.05) is 6.08 Å². The zero-order chi connectivity index (χ0) is 12.1. The fourth-order valence-electron chi connectivity index (χ4n) is 1.96. The molecule has 0 saturated carbocycles. The van der Waals surface area contributed by atoms with Crippen molar-refractivity contribution in [3.05, 3.63) is 41.0 Å². The van der Waals surface area contributed by atoms with Gasteiger partial charge in [0.15, 0.2) is 0 Å². The molecule has 0 unspecified atom stereocenters. The monoisotopic (exact) mass is 236 g/mol. The van der Waals surface area contributed by atoms with Gasteiger partial charge in [-0.15, -0.1) is 11.6 Å². The van der Waals surface area contributed by atoms with Gasteiger partial charge in [0, 0.05) is 5.88 Å². The third-order valence-corrected chi connectivity index (χ3v) is 2.97. The minimum Gasteiger partial charge on any atom is -0.122 e. The minimum atomic E-state index is 0.550. The second kappa shape index (κ2) is 6.10. The van der Waals surface area contributed by atoms with E-state index in [0.717, 1.165) is 0 Å². The lowest BCUT2D eigenvalue weighted by atomic mass is 9.88. The molecule has 1 aromatic carbocycles. The molecule has 0 spiro atoms. The normalized spacial score (nSPS) is 11.9. The van der Waals surface area contributed by atoms with E-state index in [-0.39, 0.29) is 0 Å². The van der Waals surface area contributed by atoms with Gasteiger partial charge in [-0.05, 0) is 28.5 Å². The first-order valence-electron chi connectivity index (χ1n) is 5.93. The second-order valence-electron chi connectivity index (χ2n) is 4.72. The summed E-state index contributed by atoms with van der Waals surface area (Å²) in [6.45, 7) is 8.93. The summed E-state index contributed by atoms with van der Waals surface area (Å²) in [5.41, 5.74) is 4.17. The van der Waals surface area contributed by atoms with Crippen molar-refractivity contribution in [3.63, 3.8) is 0 Å². The predicted octanol–water partition coefficient (Wildman–Crippen LogP) is 5.19.